The number of nitrogens with two attached hydrogens (primary N) is 1. The number of nitrogen functional groups attached to an aromatic ring is 1. The molecule has 4 N–H and O–H groups in total. The number of amides is 1. The first-order valence-corrected chi connectivity index (χ1v) is 7.68. The first-order chi connectivity index (χ1) is 10.1. The topological polar surface area (TPSA) is 70.4 Å². The van der Waals surface area contributed by atoms with Gasteiger partial charge in [0.1, 0.15) is 0 Å². The third kappa shape index (κ3) is 4.36. The molecule has 1 aromatic rings. The minimum Gasteiger partial charge on any atom is -0.399 e. The number of anilines is 2. The van der Waals surface area contributed by atoms with Gasteiger partial charge in [0.05, 0.1) is 5.56 Å². The fourth-order valence-electron chi connectivity index (χ4n) is 2.68. The van der Waals surface area contributed by atoms with Crippen molar-refractivity contribution >= 4 is 17.3 Å². The number of carbonyl (C=O) groups excluding carboxylic acids is 1. The van der Waals surface area contributed by atoms with Crippen molar-refractivity contribution in [2.75, 3.05) is 44.3 Å². The van der Waals surface area contributed by atoms with Crippen LogP contribution in [0.5, 0.6) is 0 Å². The zero-order chi connectivity index (χ0) is 15.2. The summed E-state index contributed by atoms with van der Waals surface area (Å²) in [6, 6.07) is 5.34. The second-order valence-corrected chi connectivity index (χ2v) is 5.84. The highest BCUT2D eigenvalue weighted by atomic mass is 16.1. The van der Waals surface area contributed by atoms with E-state index in [0.717, 1.165) is 24.7 Å². The molecule has 1 aliphatic rings. The van der Waals surface area contributed by atoms with Crippen LogP contribution in [-0.2, 0) is 0 Å². The third-order valence-electron chi connectivity index (χ3n) is 4.14. The lowest BCUT2D eigenvalue weighted by molar-refractivity contribution is 0.0964. The van der Waals surface area contributed by atoms with Gasteiger partial charge in [0.25, 0.3) is 5.91 Å². The summed E-state index contributed by atoms with van der Waals surface area (Å²) in [7, 11) is 1.64. The predicted octanol–water partition coefficient (Wildman–Crippen LogP) is 1.77. The van der Waals surface area contributed by atoms with Gasteiger partial charge in [-0.05, 0) is 50.0 Å². The van der Waals surface area contributed by atoms with Crippen LogP contribution < -0.4 is 16.4 Å². The number of piperidine rings is 1. The van der Waals surface area contributed by atoms with E-state index >= 15 is 0 Å². The van der Waals surface area contributed by atoms with E-state index in [1.807, 2.05) is 6.07 Å². The van der Waals surface area contributed by atoms with E-state index in [9.17, 15) is 4.79 Å². The van der Waals surface area contributed by atoms with Crippen molar-refractivity contribution in [3.63, 3.8) is 0 Å². The maximum atomic E-state index is 11.8. The van der Waals surface area contributed by atoms with Crippen molar-refractivity contribution in [2.24, 2.45) is 5.92 Å². The van der Waals surface area contributed by atoms with Crippen LogP contribution in [0.4, 0.5) is 11.4 Å². The molecule has 5 heteroatoms. The molecule has 0 atom stereocenters. The molecule has 116 valence electrons. The normalized spacial score (nSPS) is 16.7. The molecule has 1 fully saturated rings. The molecule has 1 aliphatic heterocycles. The highest BCUT2D eigenvalue weighted by Crippen LogP contribution is 2.19. The zero-order valence-corrected chi connectivity index (χ0v) is 13.0. The minimum atomic E-state index is -0.0932. The first-order valence-electron chi connectivity index (χ1n) is 7.68. The molecule has 0 spiro atoms. The Bertz CT molecular complexity index is 481. The largest absolute Gasteiger partial charge is 0.399 e. The average molecular weight is 290 g/mol. The maximum absolute atomic E-state index is 11.8. The van der Waals surface area contributed by atoms with Crippen LogP contribution in [-0.4, -0.2) is 44.0 Å². The second kappa shape index (κ2) is 7.31. The molecule has 0 radical (unpaired) electrons. The number of likely N-dealkylation sites (tertiary alicyclic amines) is 1. The predicted molar refractivity (Wildman–Crippen MR) is 87.6 cm³/mol. The number of hydrogen-bond acceptors (Lipinski definition) is 4. The van der Waals surface area contributed by atoms with E-state index in [1.54, 1.807) is 19.2 Å². The number of nitrogens with zero attached hydrogens (tertiary/aromatic N) is 1. The first kappa shape index (κ1) is 15.6. The summed E-state index contributed by atoms with van der Waals surface area (Å²) in [5, 5.41) is 6.00. The molecule has 1 amide bonds. The van der Waals surface area contributed by atoms with Crippen LogP contribution >= 0.6 is 0 Å². The molecule has 0 saturated carbocycles. The van der Waals surface area contributed by atoms with E-state index in [0.29, 0.717) is 11.3 Å². The summed E-state index contributed by atoms with van der Waals surface area (Å²) in [6.07, 6.45) is 2.56. The Labute approximate surface area is 126 Å². The summed E-state index contributed by atoms with van der Waals surface area (Å²) < 4.78 is 0. The molecule has 0 aliphatic carbocycles. The fourth-order valence-corrected chi connectivity index (χ4v) is 2.68. The van der Waals surface area contributed by atoms with Crippen molar-refractivity contribution in [2.45, 2.75) is 19.8 Å². The molecule has 1 heterocycles. The SMILES string of the molecule is CNC(=O)c1ccc(N)cc1NCCN1CCC(C)CC1. The Hall–Kier alpha value is -1.75. The highest BCUT2D eigenvalue weighted by Gasteiger charge is 2.15. The van der Waals surface area contributed by atoms with Gasteiger partial charge in [-0.25, -0.2) is 0 Å². The fraction of sp³-hybridized carbons (Fsp3) is 0.562. The highest BCUT2D eigenvalue weighted by molar-refractivity contribution is 6.00. The summed E-state index contributed by atoms with van der Waals surface area (Å²) in [4.78, 5) is 14.3. The van der Waals surface area contributed by atoms with Gasteiger partial charge in [-0.1, -0.05) is 6.92 Å². The molecule has 0 bridgehead atoms. The van der Waals surface area contributed by atoms with Gasteiger partial charge in [-0.3, -0.25) is 4.79 Å². The van der Waals surface area contributed by atoms with E-state index in [-0.39, 0.29) is 5.91 Å². The lowest BCUT2D eigenvalue weighted by Gasteiger charge is -2.30. The molecule has 0 unspecified atom stereocenters. The number of hydrogen-bond donors (Lipinski definition) is 3. The van der Waals surface area contributed by atoms with E-state index in [1.165, 1.54) is 25.9 Å². The van der Waals surface area contributed by atoms with Gasteiger partial charge in [-0.15, -0.1) is 0 Å². The Kier molecular flexibility index (Phi) is 5.44. The van der Waals surface area contributed by atoms with Crippen LogP contribution in [0.15, 0.2) is 18.2 Å². The van der Waals surface area contributed by atoms with Crippen LogP contribution in [0.1, 0.15) is 30.1 Å². The lowest BCUT2D eigenvalue weighted by Crippen LogP contribution is -2.36. The summed E-state index contributed by atoms with van der Waals surface area (Å²) >= 11 is 0. The molecule has 1 aromatic carbocycles. The van der Waals surface area contributed by atoms with Crippen LogP contribution in [0.25, 0.3) is 0 Å². The molecule has 21 heavy (non-hydrogen) atoms. The summed E-state index contributed by atoms with van der Waals surface area (Å²) in [6.45, 7) is 6.47. The Morgan fingerprint density at radius 2 is 2.10 bits per heavy atom. The molecule has 1 saturated heterocycles. The van der Waals surface area contributed by atoms with Crippen molar-refractivity contribution in [3.05, 3.63) is 23.8 Å². The molecular formula is C16H26N4O. The maximum Gasteiger partial charge on any atom is 0.253 e. The van der Waals surface area contributed by atoms with Crippen molar-refractivity contribution in [1.82, 2.24) is 10.2 Å². The Morgan fingerprint density at radius 1 is 1.38 bits per heavy atom. The van der Waals surface area contributed by atoms with Crippen LogP contribution in [0.3, 0.4) is 0 Å². The van der Waals surface area contributed by atoms with E-state index < -0.39 is 0 Å². The van der Waals surface area contributed by atoms with Gasteiger partial charge >= 0.3 is 0 Å². The third-order valence-corrected chi connectivity index (χ3v) is 4.14. The average Bonchev–Trinajstić information content (AvgIpc) is 2.49. The molecule has 2 rings (SSSR count). The smallest absolute Gasteiger partial charge is 0.253 e. The van der Waals surface area contributed by atoms with Crippen molar-refractivity contribution < 1.29 is 4.79 Å². The van der Waals surface area contributed by atoms with Gasteiger partial charge in [0.15, 0.2) is 0 Å². The molecular weight excluding hydrogens is 264 g/mol. The van der Waals surface area contributed by atoms with Gasteiger partial charge in [-0.2, -0.15) is 0 Å². The summed E-state index contributed by atoms with van der Waals surface area (Å²) in [5.74, 6) is 0.757. The lowest BCUT2D eigenvalue weighted by atomic mass is 9.99. The second-order valence-electron chi connectivity index (χ2n) is 5.84. The Morgan fingerprint density at radius 3 is 2.76 bits per heavy atom. The van der Waals surface area contributed by atoms with Crippen molar-refractivity contribution in [3.8, 4) is 0 Å². The number of carbonyl (C=O) groups is 1. The molecule has 0 aromatic heterocycles. The number of benzene rings is 1. The minimum absolute atomic E-state index is 0.0932. The Balaban J connectivity index is 1.90. The number of nitrogens with one attached hydrogen (secondary N) is 2. The van der Waals surface area contributed by atoms with Crippen LogP contribution in [0, 0.1) is 5.92 Å². The standard InChI is InChI=1S/C16H26N4O/c1-12-5-8-20(9-6-12)10-7-19-15-11-13(17)3-4-14(15)16(21)18-2/h3-4,11-12,19H,5-10,17H2,1-2H3,(H,18,21). The van der Waals surface area contributed by atoms with Gasteiger partial charge in [0.2, 0.25) is 0 Å². The monoisotopic (exact) mass is 290 g/mol. The quantitative estimate of drug-likeness (QED) is 0.723. The zero-order valence-electron chi connectivity index (χ0n) is 13.0. The van der Waals surface area contributed by atoms with Crippen molar-refractivity contribution in [1.29, 1.82) is 0 Å². The van der Waals surface area contributed by atoms with E-state index in [4.69, 9.17) is 5.73 Å². The van der Waals surface area contributed by atoms with Crippen LogP contribution in [0.2, 0.25) is 0 Å². The van der Waals surface area contributed by atoms with Gasteiger partial charge < -0.3 is 21.3 Å². The van der Waals surface area contributed by atoms with Gasteiger partial charge in [0, 0.05) is 31.5 Å². The summed E-state index contributed by atoms with van der Waals surface area (Å²) in [5.41, 5.74) is 7.92. The number of rotatable bonds is 5. The van der Waals surface area contributed by atoms with E-state index in [2.05, 4.69) is 22.5 Å². The molecule has 5 nitrogen and oxygen atoms in total.